The van der Waals surface area contributed by atoms with E-state index in [-0.39, 0.29) is 0 Å². The van der Waals surface area contributed by atoms with Gasteiger partial charge in [0.2, 0.25) is 0 Å². The van der Waals surface area contributed by atoms with Gasteiger partial charge in [0, 0.05) is 10.7 Å². The van der Waals surface area contributed by atoms with Crippen LogP contribution in [0.3, 0.4) is 0 Å². The summed E-state index contributed by atoms with van der Waals surface area (Å²) in [5.74, 6) is 0. The van der Waals surface area contributed by atoms with Crippen LogP contribution in [0.1, 0.15) is 5.56 Å². The maximum atomic E-state index is 12.5. The first-order valence-electron chi connectivity index (χ1n) is 5.25. The predicted molar refractivity (Wildman–Crippen MR) is 64.1 cm³/mol. The van der Waals surface area contributed by atoms with Gasteiger partial charge < -0.3 is 0 Å². The number of hydrogen-bond donors (Lipinski definition) is 1. The third-order valence-electron chi connectivity index (χ3n) is 2.63. The molecular formula is C11H13F3N2Si. The number of nitrogens with one attached hydrogen (secondary N) is 1. The second-order valence-electron chi connectivity index (χ2n) is 5.08. The number of benzene rings is 1. The maximum absolute atomic E-state index is 12.5. The van der Waals surface area contributed by atoms with E-state index in [1.54, 1.807) is 0 Å². The number of aromatic nitrogens is 2. The third kappa shape index (κ3) is 2.22. The Kier molecular flexibility index (Phi) is 2.57. The van der Waals surface area contributed by atoms with Crippen LogP contribution in [0.15, 0.2) is 18.2 Å². The van der Waals surface area contributed by atoms with E-state index in [1.165, 1.54) is 6.07 Å². The van der Waals surface area contributed by atoms with E-state index >= 15 is 0 Å². The van der Waals surface area contributed by atoms with E-state index in [9.17, 15) is 13.2 Å². The average Bonchev–Trinajstić information content (AvgIpc) is 2.57. The van der Waals surface area contributed by atoms with Gasteiger partial charge >= 0.3 is 6.18 Å². The number of hydrogen-bond acceptors (Lipinski definition) is 1. The lowest BCUT2D eigenvalue weighted by molar-refractivity contribution is -0.137. The molecule has 0 radical (unpaired) electrons. The number of nitrogens with zero attached hydrogens (tertiary/aromatic N) is 1. The molecule has 2 aromatic rings. The highest BCUT2D eigenvalue weighted by molar-refractivity contribution is 6.89. The van der Waals surface area contributed by atoms with Gasteiger partial charge in [0.05, 0.1) is 11.1 Å². The third-order valence-corrected chi connectivity index (χ3v) is 4.51. The molecular weight excluding hydrogens is 245 g/mol. The number of rotatable bonds is 1. The molecule has 0 bridgehead atoms. The second-order valence-corrected chi connectivity index (χ2v) is 10.1. The maximum Gasteiger partial charge on any atom is 0.416 e. The summed E-state index contributed by atoms with van der Waals surface area (Å²) in [5, 5.41) is 8.64. The monoisotopic (exact) mass is 258 g/mol. The van der Waals surface area contributed by atoms with E-state index in [0.717, 1.165) is 22.8 Å². The van der Waals surface area contributed by atoms with Crippen molar-refractivity contribution in [1.29, 1.82) is 0 Å². The normalized spacial score (nSPS) is 13.3. The molecule has 0 unspecified atom stereocenters. The molecule has 17 heavy (non-hydrogen) atoms. The number of alkyl halides is 3. The van der Waals surface area contributed by atoms with Crippen LogP contribution in [0.4, 0.5) is 13.2 Å². The predicted octanol–water partition coefficient (Wildman–Crippen LogP) is 3.13. The van der Waals surface area contributed by atoms with Crippen LogP contribution in [0.5, 0.6) is 0 Å². The van der Waals surface area contributed by atoms with Crippen LogP contribution in [0, 0.1) is 0 Å². The molecule has 0 aliphatic heterocycles. The van der Waals surface area contributed by atoms with Crippen LogP contribution in [-0.4, -0.2) is 18.3 Å². The van der Waals surface area contributed by atoms with Crippen molar-refractivity contribution in [3.05, 3.63) is 23.8 Å². The number of H-pyrrole nitrogens is 1. The minimum atomic E-state index is -4.31. The average molecular weight is 258 g/mol. The number of halogens is 3. The summed E-state index contributed by atoms with van der Waals surface area (Å²) >= 11 is 0. The van der Waals surface area contributed by atoms with Gasteiger partial charge in [-0.05, 0) is 12.1 Å². The molecule has 0 saturated heterocycles. The molecule has 1 aromatic heterocycles. The van der Waals surface area contributed by atoms with Gasteiger partial charge in [0.25, 0.3) is 0 Å². The van der Waals surface area contributed by atoms with E-state index in [2.05, 4.69) is 29.8 Å². The minimum Gasteiger partial charge on any atom is -0.286 e. The molecule has 0 aliphatic rings. The van der Waals surface area contributed by atoms with Gasteiger partial charge in [-0.15, -0.1) is 0 Å². The Balaban J connectivity index is 2.61. The smallest absolute Gasteiger partial charge is 0.286 e. The SMILES string of the molecule is C[Si](C)(C)c1[nH]nc2cc(C(F)(F)F)ccc12. The van der Waals surface area contributed by atoms with Gasteiger partial charge in [-0.25, -0.2) is 0 Å². The van der Waals surface area contributed by atoms with Crippen molar-refractivity contribution in [3.8, 4) is 0 Å². The Morgan fingerprint density at radius 1 is 1.18 bits per heavy atom. The number of fused-ring (bicyclic) bond motifs is 1. The Bertz CT molecular complexity index is 552. The van der Waals surface area contributed by atoms with Crippen LogP contribution < -0.4 is 5.32 Å². The lowest BCUT2D eigenvalue weighted by atomic mass is 10.1. The van der Waals surface area contributed by atoms with Gasteiger partial charge in [-0.2, -0.15) is 18.3 Å². The summed E-state index contributed by atoms with van der Waals surface area (Å²) in [4.78, 5) is 0. The zero-order chi connectivity index (χ0) is 12.8. The molecule has 0 fully saturated rings. The summed E-state index contributed by atoms with van der Waals surface area (Å²) in [7, 11) is -1.61. The molecule has 2 nitrogen and oxygen atoms in total. The fourth-order valence-electron chi connectivity index (χ4n) is 1.76. The summed E-state index contributed by atoms with van der Waals surface area (Å²) in [6, 6.07) is 3.71. The molecule has 0 amide bonds. The fraction of sp³-hybridized carbons (Fsp3) is 0.364. The Hall–Kier alpha value is -1.30. The van der Waals surface area contributed by atoms with Crippen LogP contribution in [0.2, 0.25) is 19.6 Å². The van der Waals surface area contributed by atoms with Crippen molar-refractivity contribution < 1.29 is 13.2 Å². The van der Waals surface area contributed by atoms with E-state index in [4.69, 9.17) is 0 Å². The summed E-state index contributed by atoms with van der Waals surface area (Å²) in [6.45, 7) is 6.37. The van der Waals surface area contributed by atoms with Gasteiger partial charge in [0.1, 0.15) is 8.07 Å². The van der Waals surface area contributed by atoms with Crippen molar-refractivity contribution in [1.82, 2.24) is 10.2 Å². The molecule has 0 aliphatic carbocycles. The van der Waals surface area contributed by atoms with Crippen molar-refractivity contribution in [3.63, 3.8) is 0 Å². The first-order valence-corrected chi connectivity index (χ1v) is 8.75. The fourth-order valence-corrected chi connectivity index (χ4v) is 3.17. The summed E-state index contributed by atoms with van der Waals surface area (Å²) < 4.78 is 37.6. The standard InChI is InChI=1S/C11H13F3N2Si/c1-17(2,3)10-8-5-4-7(11(12,13)14)6-9(8)15-16-10/h4-6H,1-3H3,(H,15,16). The Morgan fingerprint density at radius 3 is 2.35 bits per heavy atom. The molecule has 1 heterocycles. The highest BCUT2D eigenvalue weighted by Crippen LogP contribution is 2.30. The zero-order valence-corrected chi connectivity index (χ0v) is 10.8. The zero-order valence-electron chi connectivity index (χ0n) is 9.81. The van der Waals surface area contributed by atoms with Crippen molar-refractivity contribution in [2.24, 2.45) is 0 Å². The molecule has 0 atom stereocenters. The van der Waals surface area contributed by atoms with E-state index in [0.29, 0.717) is 5.52 Å². The van der Waals surface area contributed by atoms with Crippen LogP contribution >= 0.6 is 0 Å². The largest absolute Gasteiger partial charge is 0.416 e. The van der Waals surface area contributed by atoms with Crippen molar-refractivity contribution in [2.75, 3.05) is 0 Å². The van der Waals surface area contributed by atoms with Gasteiger partial charge in [-0.1, -0.05) is 25.7 Å². The first-order chi connectivity index (χ1) is 7.69. The van der Waals surface area contributed by atoms with Crippen molar-refractivity contribution in [2.45, 2.75) is 25.8 Å². The highest BCUT2D eigenvalue weighted by atomic mass is 28.3. The summed E-state index contributed by atoms with van der Waals surface area (Å²) in [6.07, 6.45) is -4.31. The van der Waals surface area contributed by atoms with Crippen LogP contribution in [0.25, 0.3) is 10.9 Å². The van der Waals surface area contributed by atoms with Gasteiger partial charge in [-0.3, -0.25) is 5.10 Å². The molecule has 0 spiro atoms. The summed E-state index contributed by atoms with van der Waals surface area (Å²) in [5.41, 5.74) is -0.268. The lowest BCUT2D eigenvalue weighted by Crippen LogP contribution is -2.39. The molecule has 1 aromatic carbocycles. The highest BCUT2D eigenvalue weighted by Gasteiger charge is 2.31. The second kappa shape index (κ2) is 3.59. The minimum absolute atomic E-state index is 0.386. The molecule has 92 valence electrons. The van der Waals surface area contributed by atoms with Crippen molar-refractivity contribution >= 4 is 24.3 Å². The topological polar surface area (TPSA) is 28.7 Å². The molecule has 1 N–H and O–H groups in total. The van der Waals surface area contributed by atoms with E-state index in [1.807, 2.05) is 0 Å². The number of aromatic amines is 1. The quantitative estimate of drug-likeness (QED) is 0.782. The lowest BCUT2D eigenvalue weighted by Gasteiger charge is -2.13. The molecule has 0 saturated carbocycles. The Morgan fingerprint density at radius 2 is 1.82 bits per heavy atom. The van der Waals surface area contributed by atoms with Crippen LogP contribution in [-0.2, 0) is 6.18 Å². The molecule has 6 heteroatoms. The van der Waals surface area contributed by atoms with Gasteiger partial charge in [0.15, 0.2) is 0 Å². The Labute approximate surface area is 97.8 Å². The van der Waals surface area contributed by atoms with E-state index < -0.39 is 19.8 Å². The first kappa shape index (κ1) is 12.2. The molecule has 2 rings (SSSR count).